The Bertz CT molecular complexity index is 225. The Morgan fingerprint density at radius 3 is 2.56 bits per heavy atom. The van der Waals surface area contributed by atoms with E-state index in [0.29, 0.717) is 0 Å². The summed E-state index contributed by atoms with van der Waals surface area (Å²) in [5.41, 5.74) is 0. The topological polar surface area (TPSA) is 90.5 Å². The van der Waals surface area contributed by atoms with Gasteiger partial charge in [0.1, 0.15) is 6.07 Å². The molecule has 1 heterocycles. The van der Waals surface area contributed by atoms with E-state index in [1.54, 1.807) is 6.07 Å². The summed E-state index contributed by atoms with van der Waals surface area (Å²) in [6, 6.07) is 1.54. The van der Waals surface area contributed by atoms with Gasteiger partial charge in [-0.1, -0.05) is 10.3 Å². The maximum Gasteiger partial charge on any atom is 1.00 e. The molecule has 7 heteroatoms. The molecule has 0 fully saturated rings. The molecule has 0 spiro atoms. The molecule has 9 heavy (non-hydrogen) atoms. The van der Waals surface area contributed by atoms with Crippen molar-refractivity contribution < 1.29 is 22.4 Å². The van der Waals surface area contributed by atoms with E-state index in [4.69, 9.17) is 5.26 Å². The van der Waals surface area contributed by atoms with Gasteiger partial charge in [0.25, 0.3) is 5.82 Å². The smallest absolute Gasteiger partial charge is 0.773 e. The minimum atomic E-state index is -0.208. The molecular weight excluding hydrogens is 218 g/mol. The van der Waals surface area contributed by atoms with E-state index in [1.807, 2.05) is 0 Å². The van der Waals surface area contributed by atoms with E-state index in [9.17, 15) is 5.21 Å². The van der Waals surface area contributed by atoms with Crippen LogP contribution in [0.25, 0.3) is 0 Å². The van der Waals surface area contributed by atoms with Crippen molar-refractivity contribution in [1.82, 2.24) is 20.4 Å². The SMILES string of the molecule is N#Cc1nnn([O-])n1.[Ag+]. The van der Waals surface area contributed by atoms with Crippen molar-refractivity contribution in [2.75, 3.05) is 0 Å². The second kappa shape index (κ2) is 3.19. The van der Waals surface area contributed by atoms with Gasteiger partial charge in [-0.05, 0) is 0 Å². The van der Waals surface area contributed by atoms with Crippen molar-refractivity contribution in [3.8, 4) is 6.07 Å². The maximum absolute atomic E-state index is 9.93. The largest absolute Gasteiger partial charge is 1.00 e. The van der Waals surface area contributed by atoms with Crippen molar-refractivity contribution in [3.63, 3.8) is 0 Å². The van der Waals surface area contributed by atoms with Crippen molar-refractivity contribution >= 4 is 0 Å². The minimum absolute atomic E-state index is 0. The van der Waals surface area contributed by atoms with Crippen LogP contribution >= 0.6 is 0 Å². The van der Waals surface area contributed by atoms with Gasteiger partial charge in [0.2, 0.25) is 0 Å². The summed E-state index contributed by atoms with van der Waals surface area (Å²) in [7, 11) is 0. The van der Waals surface area contributed by atoms with Gasteiger partial charge in [-0.25, -0.2) is 0 Å². The molecule has 0 amide bonds. The summed E-state index contributed by atoms with van der Waals surface area (Å²) in [5.74, 6) is -0.208. The molecule has 1 rings (SSSR count). The zero-order chi connectivity index (χ0) is 5.98. The van der Waals surface area contributed by atoms with Crippen LogP contribution in [0.3, 0.4) is 0 Å². The molecule has 0 aliphatic rings. The molecular formula is C2AgN5O. The van der Waals surface area contributed by atoms with Crippen LogP contribution in [0.4, 0.5) is 0 Å². The molecule has 1 aromatic heterocycles. The Kier molecular flexibility index (Phi) is 2.87. The van der Waals surface area contributed by atoms with Crippen LogP contribution in [-0.2, 0) is 22.4 Å². The molecule has 0 N–H and O–H groups in total. The van der Waals surface area contributed by atoms with Gasteiger partial charge in [0.05, 0.1) is 0 Å². The summed E-state index contributed by atoms with van der Waals surface area (Å²) >= 11 is 0. The van der Waals surface area contributed by atoms with Crippen molar-refractivity contribution in [1.29, 1.82) is 5.26 Å². The van der Waals surface area contributed by atoms with Crippen LogP contribution in [0.5, 0.6) is 0 Å². The molecule has 0 aromatic carbocycles. The molecule has 1 aromatic rings. The van der Waals surface area contributed by atoms with Gasteiger partial charge in [-0.3, -0.25) is 0 Å². The fourth-order valence-electron chi connectivity index (χ4n) is 0.246. The Morgan fingerprint density at radius 2 is 2.33 bits per heavy atom. The summed E-state index contributed by atoms with van der Waals surface area (Å²) in [4.78, 5) is -0.0153. The molecule has 0 bridgehead atoms. The number of nitriles is 1. The molecule has 0 aliphatic carbocycles. The Labute approximate surface area is 65.6 Å². The zero-order valence-corrected chi connectivity index (χ0v) is 5.43. The van der Waals surface area contributed by atoms with Gasteiger partial charge < -0.3 is 5.21 Å². The van der Waals surface area contributed by atoms with Gasteiger partial charge in [0.15, 0.2) is 0 Å². The van der Waals surface area contributed by atoms with Gasteiger partial charge in [-0.2, -0.15) is 10.2 Å². The zero-order valence-electron chi connectivity index (χ0n) is 3.95. The number of nitrogens with zero attached hydrogens (tertiary/aromatic N) is 5. The fraction of sp³-hybridized carbons (Fsp3) is 0. The van der Waals surface area contributed by atoms with Crippen LogP contribution in [0.1, 0.15) is 5.82 Å². The minimum Gasteiger partial charge on any atom is -0.773 e. The fourth-order valence-corrected chi connectivity index (χ4v) is 0.246. The molecule has 0 atom stereocenters. The van der Waals surface area contributed by atoms with E-state index < -0.39 is 0 Å². The first kappa shape index (κ1) is 8.10. The first-order valence-corrected chi connectivity index (χ1v) is 1.70. The Morgan fingerprint density at radius 1 is 1.67 bits per heavy atom. The third-order valence-corrected chi connectivity index (χ3v) is 0.496. The van der Waals surface area contributed by atoms with Crippen molar-refractivity contribution in [3.05, 3.63) is 11.0 Å². The molecule has 6 nitrogen and oxygen atoms in total. The third-order valence-electron chi connectivity index (χ3n) is 0.496. The number of rotatable bonds is 0. The average Bonchev–Trinajstić information content (AvgIpc) is 2.14. The summed E-state index contributed by atoms with van der Waals surface area (Å²) < 4.78 is 0. The van der Waals surface area contributed by atoms with E-state index >= 15 is 0 Å². The molecule has 50 valence electrons. The Balaban J connectivity index is 0.000000640. The number of aromatic nitrogens is 4. The van der Waals surface area contributed by atoms with Crippen LogP contribution in [0, 0.1) is 16.5 Å². The van der Waals surface area contributed by atoms with Gasteiger partial charge in [-0.15, -0.1) is 5.10 Å². The second-order valence-electron chi connectivity index (χ2n) is 0.978. The summed E-state index contributed by atoms with van der Waals surface area (Å²) in [6.07, 6.45) is 0. The van der Waals surface area contributed by atoms with Gasteiger partial charge >= 0.3 is 22.4 Å². The quantitative estimate of drug-likeness (QED) is 0.514. The Hall–Kier alpha value is -0.900. The van der Waals surface area contributed by atoms with E-state index in [0.717, 1.165) is 0 Å². The summed E-state index contributed by atoms with van der Waals surface area (Å²) in [5, 5.41) is 26.8. The van der Waals surface area contributed by atoms with E-state index in [-0.39, 0.29) is 33.2 Å². The number of hydrogen-bond donors (Lipinski definition) is 0. The molecule has 0 aliphatic heterocycles. The maximum atomic E-state index is 9.93. The second-order valence-corrected chi connectivity index (χ2v) is 0.978. The predicted molar refractivity (Wildman–Crippen MR) is 21.3 cm³/mol. The van der Waals surface area contributed by atoms with Crippen LogP contribution in [0.2, 0.25) is 0 Å². The van der Waals surface area contributed by atoms with Crippen LogP contribution in [0.15, 0.2) is 0 Å². The molecule has 0 saturated heterocycles. The normalized spacial score (nSPS) is 7.44. The monoisotopic (exact) mass is 217 g/mol. The van der Waals surface area contributed by atoms with Crippen molar-refractivity contribution in [2.24, 2.45) is 0 Å². The molecule has 0 saturated carbocycles. The standard InChI is InChI=1S/C2N5O.Ag/c3-1-2-4-6-7(8)5-2;/q-1;+1. The number of tetrazole rings is 1. The predicted octanol–water partition coefficient (Wildman–Crippen LogP) is -1.11. The van der Waals surface area contributed by atoms with E-state index in [2.05, 4.69) is 15.4 Å². The van der Waals surface area contributed by atoms with Crippen LogP contribution in [-0.4, -0.2) is 20.4 Å². The molecule has 0 radical (unpaired) electrons. The first-order chi connectivity index (χ1) is 3.83. The van der Waals surface area contributed by atoms with Gasteiger partial charge in [0, 0.05) is 0 Å². The van der Waals surface area contributed by atoms with Crippen LogP contribution < -0.4 is 0 Å². The number of hydrogen-bond acceptors (Lipinski definition) is 5. The van der Waals surface area contributed by atoms with Crippen molar-refractivity contribution in [2.45, 2.75) is 0 Å². The first-order valence-electron chi connectivity index (χ1n) is 1.70. The third kappa shape index (κ3) is 1.81. The van der Waals surface area contributed by atoms with E-state index in [1.165, 1.54) is 0 Å². The molecule has 0 unspecified atom stereocenters. The summed E-state index contributed by atoms with van der Waals surface area (Å²) in [6.45, 7) is 0. The average molecular weight is 218 g/mol.